The number of allylic oxidation sites excluding steroid dienone is 2. The first kappa shape index (κ1) is 35.6. The number of hydrogen-bond acceptors (Lipinski definition) is 2. The minimum Gasteiger partial charge on any atom is -0.287 e. The van der Waals surface area contributed by atoms with E-state index in [4.69, 9.17) is 0 Å². The zero-order chi connectivity index (χ0) is 30.5. The van der Waals surface area contributed by atoms with Gasteiger partial charge in [0.2, 0.25) is 0 Å². The Hall–Kier alpha value is -0.240. The molecule has 0 aromatic heterocycles. The van der Waals surface area contributed by atoms with Gasteiger partial charge in [-0.2, -0.15) is 0 Å². The van der Waals surface area contributed by atoms with Crippen LogP contribution in [-0.2, 0) is 4.79 Å². The van der Waals surface area contributed by atoms with Crippen molar-refractivity contribution in [2.24, 2.45) is 34.5 Å². The first-order valence-electron chi connectivity index (χ1n) is 19.8. The van der Waals surface area contributed by atoms with Crippen molar-refractivity contribution in [3.05, 3.63) is 11.6 Å². The van der Waals surface area contributed by atoms with Crippen LogP contribution < -0.4 is 0 Å². The molecule has 3 saturated carbocycles. The van der Waals surface area contributed by atoms with Gasteiger partial charge in [0, 0.05) is 11.7 Å². The molecule has 248 valence electrons. The highest BCUT2D eigenvalue weighted by atomic mass is 32.2. The molecule has 0 amide bonds. The Labute approximate surface area is 273 Å². The average molecular weight is 613 g/mol. The summed E-state index contributed by atoms with van der Waals surface area (Å²) in [5.74, 6) is 3.78. The predicted molar refractivity (Wildman–Crippen MR) is 191 cm³/mol. The van der Waals surface area contributed by atoms with Crippen LogP contribution in [0.5, 0.6) is 0 Å². The molecule has 0 aromatic carbocycles. The maximum atomic E-state index is 12.9. The molecule has 0 aromatic rings. The fourth-order valence-corrected chi connectivity index (χ4v) is 11.8. The summed E-state index contributed by atoms with van der Waals surface area (Å²) >= 11 is 1.73. The number of hydrogen-bond donors (Lipinski definition) is 0. The van der Waals surface area contributed by atoms with Crippen LogP contribution in [0.3, 0.4) is 0 Å². The standard InChI is InChI=1S/C41H72OS/c1-5-7-9-11-13-14-15-16-17-19-21-23-39(42)43-35-28-30-41(4)34(32-35)24-26-36-37-27-25-33(22-20-18-12-10-8-6-2)40(37,3)31-29-38(36)41/h24,33,35-38H,5-23,25-32H2,1-4H3/t33-,35+,36+,37+,38+,40-,41+/m1/s1. The van der Waals surface area contributed by atoms with Crippen molar-refractivity contribution >= 4 is 16.9 Å². The second-order valence-electron chi connectivity index (χ2n) is 16.3. The Kier molecular flexibility index (Phi) is 15.1. The van der Waals surface area contributed by atoms with Gasteiger partial charge < -0.3 is 0 Å². The number of fused-ring (bicyclic) bond motifs is 5. The molecule has 4 aliphatic carbocycles. The summed E-state index contributed by atoms with van der Waals surface area (Å²) in [7, 11) is 0. The van der Waals surface area contributed by atoms with Crippen LogP contribution >= 0.6 is 11.8 Å². The largest absolute Gasteiger partial charge is 0.287 e. The monoisotopic (exact) mass is 613 g/mol. The van der Waals surface area contributed by atoms with Crippen LogP contribution in [0.2, 0.25) is 0 Å². The lowest BCUT2D eigenvalue weighted by Gasteiger charge is -2.58. The van der Waals surface area contributed by atoms with Crippen LogP contribution in [0.1, 0.15) is 201 Å². The molecule has 7 atom stereocenters. The molecular formula is C41H72OS. The van der Waals surface area contributed by atoms with E-state index in [2.05, 4.69) is 33.8 Å². The van der Waals surface area contributed by atoms with E-state index in [1.54, 1.807) is 17.3 Å². The van der Waals surface area contributed by atoms with Crippen LogP contribution in [-0.4, -0.2) is 10.4 Å². The van der Waals surface area contributed by atoms with Crippen LogP contribution in [0.4, 0.5) is 0 Å². The van der Waals surface area contributed by atoms with Crippen molar-refractivity contribution in [1.29, 1.82) is 0 Å². The van der Waals surface area contributed by atoms with Crippen molar-refractivity contribution < 1.29 is 4.79 Å². The number of carbonyl (C=O) groups excluding carboxylic acids is 1. The van der Waals surface area contributed by atoms with Gasteiger partial charge in [0.15, 0.2) is 5.12 Å². The van der Waals surface area contributed by atoms with Gasteiger partial charge in [-0.3, -0.25) is 4.79 Å². The quantitative estimate of drug-likeness (QED) is 0.100. The molecule has 43 heavy (non-hydrogen) atoms. The molecule has 1 nitrogen and oxygen atoms in total. The summed E-state index contributed by atoms with van der Waals surface area (Å²) in [5, 5.41) is 1.02. The SMILES string of the molecule is CCCCCCCCCCCCCC(=O)S[C@H]1CC[C@@]2(C)C(=CC[C@H]3[C@@H]4CC[C@@H](CCCCCCCC)[C@@]4(C)CC[C@@H]32)C1. The molecule has 0 heterocycles. The smallest absolute Gasteiger partial charge is 0.189 e. The first-order valence-corrected chi connectivity index (χ1v) is 20.7. The molecule has 0 N–H and O–H groups in total. The van der Waals surface area contributed by atoms with E-state index < -0.39 is 0 Å². The zero-order valence-electron chi connectivity index (χ0n) is 29.4. The van der Waals surface area contributed by atoms with Gasteiger partial charge >= 0.3 is 0 Å². The predicted octanol–water partition coefficient (Wildman–Crippen LogP) is 13.6. The van der Waals surface area contributed by atoms with E-state index in [0.717, 1.165) is 36.5 Å². The highest BCUT2D eigenvalue weighted by Crippen LogP contribution is 2.67. The lowest BCUT2D eigenvalue weighted by molar-refractivity contribution is -0.111. The number of rotatable bonds is 20. The summed E-state index contributed by atoms with van der Waals surface area (Å²) in [6.45, 7) is 9.99. The third-order valence-corrected chi connectivity index (χ3v) is 14.6. The maximum Gasteiger partial charge on any atom is 0.189 e. The van der Waals surface area contributed by atoms with Crippen molar-refractivity contribution in [2.75, 3.05) is 0 Å². The van der Waals surface area contributed by atoms with E-state index in [9.17, 15) is 4.79 Å². The molecule has 0 radical (unpaired) electrons. The van der Waals surface area contributed by atoms with Gasteiger partial charge in [-0.1, -0.05) is 154 Å². The normalized spacial score (nSPS) is 33.5. The molecule has 2 heteroatoms. The average Bonchev–Trinajstić information content (AvgIpc) is 3.34. The van der Waals surface area contributed by atoms with Crippen LogP contribution in [0, 0.1) is 34.5 Å². The fraction of sp³-hybridized carbons (Fsp3) is 0.927. The molecule has 3 fully saturated rings. The number of unbranched alkanes of at least 4 members (excludes halogenated alkanes) is 15. The van der Waals surface area contributed by atoms with Gasteiger partial charge in [-0.05, 0) is 98.7 Å². The van der Waals surface area contributed by atoms with Crippen molar-refractivity contribution in [3.8, 4) is 0 Å². The van der Waals surface area contributed by atoms with Crippen LogP contribution in [0.25, 0.3) is 0 Å². The van der Waals surface area contributed by atoms with Crippen molar-refractivity contribution in [1.82, 2.24) is 0 Å². The minimum atomic E-state index is 0.414. The zero-order valence-corrected chi connectivity index (χ0v) is 30.2. The molecule has 0 unspecified atom stereocenters. The molecular weight excluding hydrogens is 541 g/mol. The molecule has 0 aliphatic heterocycles. The van der Waals surface area contributed by atoms with Crippen molar-refractivity contribution in [2.45, 2.75) is 206 Å². The molecule has 0 spiro atoms. The van der Waals surface area contributed by atoms with Gasteiger partial charge in [-0.25, -0.2) is 0 Å². The van der Waals surface area contributed by atoms with Crippen molar-refractivity contribution in [3.63, 3.8) is 0 Å². The summed E-state index contributed by atoms with van der Waals surface area (Å²) in [6, 6.07) is 0. The maximum absolute atomic E-state index is 12.9. The minimum absolute atomic E-state index is 0.414. The Morgan fingerprint density at radius 1 is 0.721 bits per heavy atom. The summed E-state index contributed by atoms with van der Waals surface area (Å²) in [5.41, 5.74) is 2.78. The number of carbonyl (C=O) groups is 1. The first-order chi connectivity index (χ1) is 20.9. The molecule has 4 aliphatic rings. The van der Waals surface area contributed by atoms with E-state index >= 15 is 0 Å². The lowest BCUT2D eigenvalue weighted by atomic mass is 9.47. The van der Waals surface area contributed by atoms with E-state index in [0.29, 0.717) is 21.2 Å². The van der Waals surface area contributed by atoms with Gasteiger partial charge in [0.1, 0.15) is 0 Å². The second-order valence-corrected chi connectivity index (χ2v) is 17.6. The highest BCUT2D eigenvalue weighted by Gasteiger charge is 2.58. The lowest BCUT2D eigenvalue weighted by Crippen LogP contribution is -2.50. The van der Waals surface area contributed by atoms with E-state index in [-0.39, 0.29) is 0 Å². The topological polar surface area (TPSA) is 17.1 Å². The van der Waals surface area contributed by atoms with Gasteiger partial charge in [-0.15, -0.1) is 0 Å². The van der Waals surface area contributed by atoms with E-state index in [1.165, 1.54) is 161 Å². The Balaban J connectivity index is 1.16. The Morgan fingerprint density at radius 3 is 1.98 bits per heavy atom. The van der Waals surface area contributed by atoms with Crippen LogP contribution in [0.15, 0.2) is 11.6 Å². The highest BCUT2D eigenvalue weighted by molar-refractivity contribution is 8.14. The third-order valence-electron chi connectivity index (χ3n) is 13.4. The summed E-state index contributed by atoms with van der Waals surface area (Å²) in [4.78, 5) is 12.9. The molecule has 4 rings (SSSR count). The Morgan fingerprint density at radius 2 is 1.33 bits per heavy atom. The second kappa shape index (κ2) is 18.2. The van der Waals surface area contributed by atoms with E-state index in [1.807, 2.05) is 0 Å². The summed E-state index contributed by atoms with van der Waals surface area (Å²) < 4.78 is 0. The Bertz CT molecular complexity index is 847. The fourth-order valence-electron chi connectivity index (χ4n) is 10.7. The molecule has 0 bridgehead atoms. The third kappa shape index (κ3) is 9.64. The molecule has 0 saturated heterocycles. The number of thioether (sulfide) groups is 1. The van der Waals surface area contributed by atoms with Gasteiger partial charge in [0.25, 0.3) is 0 Å². The van der Waals surface area contributed by atoms with Gasteiger partial charge in [0.05, 0.1) is 0 Å². The summed E-state index contributed by atoms with van der Waals surface area (Å²) in [6.07, 6.45) is 39.6.